The van der Waals surface area contributed by atoms with Crippen molar-refractivity contribution in [2.24, 2.45) is 29.1 Å². The molecule has 3 saturated carbocycles. The molecule has 8 rings (SSSR count). The van der Waals surface area contributed by atoms with Gasteiger partial charge in [-0.05, 0) is 144 Å². The van der Waals surface area contributed by atoms with Crippen molar-refractivity contribution in [3.8, 4) is 0 Å². The molecule has 19 heteroatoms. The number of rotatable bonds is 26. The van der Waals surface area contributed by atoms with Gasteiger partial charge < -0.3 is 30.7 Å². The average Bonchev–Trinajstić information content (AvgIpc) is 3.92. The van der Waals surface area contributed by atoms with Crippen molar-refractivity contribution in [2.45, 2.75) is 199 Å². The third-order valence-electron chi connectivity index (χ3n) is 17.6. The number of carbonyl (C=O) groups excluding carboxylic acids is 10. The summed E-state index contributed by atoms with van der Waals surface area (Å²) in [7, 11) is 2.05. The molecule has 428 valence electrons. The number of nitrogens with one attached hydrogen (secondary N) is 4. The highest BCUT2D eigenvalue weighted by Crippen LogP contribution is 2.45. The molecular weight excluding hydrogens is 1010 g/mol. The van der Waals surface area contributed by atoms with Crippen LogP contribution in [-0.2, 0) is 46.5 Å². The van der Waals surface area contributed by atoms with Crippen LogP contribution in [0.15, 0.2) is 30.6 Å². The molecule has 7 atom stereocenters. The van der Waals surface area contributed by atoms with E-state index in [1.165, 1.54) is 12.4 Å². The van der Waals surface area contributed by atoms with E-state index < -0.39 is 64.9 Å². The molecule has 0 radical (unpaired) electrons. The van der Waals surface area contributed by atoms with E-state index in [1.54, 1.807) is 15.9 Å². The van der Waals surface area contributed by atoms with Crippen molar-refractivity contribution in [3.63, 3.8) is 0 Å². The fourth-order valence-electron chi connectivity index (χ4n) is 12.8. The number of aromatic nitrogens is 2. The molecule has 3 aliphatic heterocycles. The maximum atomic E-state index is 15.0. The summed E-state index contributed by atoms with van der Waals surface area (Å²) in [5, 5.41) is 11.0. The Morgan fingerprint density at radius 2 is 1.56 bits per heavy atom. The van der Waals surface area contributed by atoms with Gasteiger partial charge in [0.1, 0.15) is 23.5 Å². The van der Waals surface area contributed by atoms with Crippen LogP contribution in [0.1, 0.15) is 199 Å². The van der Waals surface area contributed by atoms with E-state index in [-0.39, 0.29) is 90.2 Å². The van der Waals surface area contributed by atoms with Gasteiger partial charge in [-0.25, -0.2) is 9.97 Å². The zero-order valence-corrected chi connectivity index (χ0v) is 47.1. The lowest BCUT2D eigenvalue weighted by Gasteiger charge is -2.37. The van der Waals surface area contributed by atoms with Gasteiger partial charge in [0.15, 0.2) is 11.6 Å². The molecular formula is C60H83N9O10. The minimum atomic E-state index is -1.02. The maximum absolute atomic E-state index is 15.0. The number of piperidine rings is 1. The molecule has 0 spiro atoms. The summed E-state index contributed by atoms with van der Waals surface area (Å²) in [5.41, 5.74) is 2.08. The van der Waals surface area contributed by atoms with Crippen molar-refractivity contribution < 1.29 is 47.9 Å². The number of amides is 7. The number of Topliss-reactive ketones (excluding diaryl/α,β-unsaturated/α-hetero) is 3. The third kappa shape index (κ3) is 14.6. The molecule has 2 saturated heterocycles. The van der Waals surface area contributed by atoms with Crippen LogP contribution in [0, 0.1) is 29.1 Å². The number of fused-ring (bicyclic) bond motifs is 2. The summed E-state index contributed by atoms with van der Waals surface area (Å²) in [4.78, 5) is 149. The van der Waals surface area contributed by atoms with E-state index in [9.17, 15) is 47.9 Å². The number of hydrogen-bond donors (Lipinski definition) is 4. The Labute approximate surface area is 464 Å². The van der Waals surface area contributed by atoms with Gasteiger partial charge in [0, 0.05) is 49.9 Å². The Bertz CT molecular complexity index is 2620. The van der Waals surface area contributed by atoms with Crippen molar-refractivity contribution >= 4 is 58.7 Å². The quantitative estimate of drug-likeness (QED) is 0.0388. The van der Waals surface area contributed by atoms with Gasteiger partial charge in [0.05, 0.1) is 24.5 Å². The molecule has 6 aliphatic rings. The molecule has 4 N–H and O–H groups in total. The molecule has 1 aromatic carbocycles. The van der Waals surface area contributed by atoms with Gasteiger partial charge in [-0.15, -0.1) is 0 Å². The SMILES string of the molecule is CCC[C@H](NC(=O)[C@@H]1[C@H]2CCC[C@H]2CN1C(=O)[C@@H](CC(=O)[C@@H](NC(=O)c1cnc(C(=O)CCCCN(C)CCCCc2cccc3c2CN(C2CCC(=O)NC2=O)C3=O)cn1)C1CCCCC1)C(C)(C)C)C(=O)C(=O)NC1CC1. The van der Waals surface area contributed by atoms with Gasteiger partial charge in [0.25, 0.3) is 17.7 Å². The molecule has 1 aromatic heterocycles. The first-order valence-corrected chi connectivity index (χ1v) is 29.4. The topological polar surface area (TPSA) is 254 Å². The number of nitrogens with zero attached hydrogens (tertiary/aromatic N) is 5. The number of carbonyl (C=O) groups is 10. The molecule has 4 heterocycles. The first-order chi connectivity index (χ1) is 37.8. The smallest absolute Gasteiger partial charge is 0.289 e. The predicted molar refractivity (Wildman–Crippen MR) is 293 cm³/mol. The van der Waals surface area contributed by atoms with Gasteiger partial charge >= 0.3 is 0 Å². The monoisotopic (exact) mass is 1090 g/mol. The van der Waals surface area contributed by atoms with E-state index >= 15 is 0 Å². The number of hydrogen-bond acceptors (Lipinski definition) is 13. The summed E-state index contributed by atoms with van der Waals surface area (Å²) in [6.45, 7) is 9.97. The lowest BCUT2D eigenvalue weighted by atomic mass is 9.74. The first kappa shape index (κ1) is 58.9. The molecule has 7 amide bonds. The van der Waals surface area contributed by atoms with Crippen molar-refractivity contribution in [1.82, 2.24) is 45.9 Å². The predicted octanol–water partition coefficient (Wildman–Crippen LogP) is 5.61. The van der Waals surface area contributed by atoms with E-state index in [1.807, 2.05) is 39.8 Å². The second-order valence-corrected chi connectivity index (χ2v) is 24.5. The van der Waals surface area contributed by atoms with E-state index in [0.717, 1.165) is 114 Å². The highest BCUT2D eigenvalue weighted by molar-refractivity contribution is 6.38. The van der Waals surface area contributed by atoms with E-state index in [4.69, 9.17) is 0 Å². The minimum absolute atomic E-state index is 0.0134. The summed E-state index contributed by atoms with van der Waals surface area (Å²) in [6, 6.07) is 2.31. The minimum Gasteiger partial charge on any atom is -0.347 e. The second kappa shape index (κ2) is 26.4. The fraction of sp³-hybridized carbons (Fsp3) is 0.667. The zero-order valence-electron chi connectivity index (χ0n) is 47.1. The molecule has 3 aliphatic carbocycles. The van der Waals surface area contributed by atoms with Crippen LogP contribution in [0.5, 0.6) is 0 Å². The van der Waals surface area contributed by atoms with Crippen molar-refractivity contribution in [3.05, 3.63) is 58.7 Å². The van der Waals surface area contributed by atoms with Gasteiger partial charge in [0.2, 0.25) is 29.4 Å². The highest BCUT2D eigenvalue weighted by atomic mass is 16.2. The lowest BCUT2D eigenvalue weighted by molar-refractivity contribution is -0.148. The highest BCUT2D eigenvalue weighted by Gasteiger charge is 2.53. The van der Waals surface area contributed by atoms with Crippen molar-refractivity contribution in [1.29, 1.82) is 0 Å². The molecule has 79 heavy (non-hydrogen) atoms. The number of ketones is 3. The van der Waals surface area contributed by atoms with Crippen LogP contribution < -0.4 is 21.3 Å². The van der Waals surface area contributed by atoms with Crippen LogP contribution in [0.2, 0.25) is 0 Å². The van der Waals surface area contributed by atoms with Crippen LogP contribution in [0.25, 0.3) is 0 Å². The third-order valence-corrected chi connectivity index (χ3v) is 17.6. The zero-order chi connectivity index (χ0) is 56.5. The van der Waals surface area contributed by atoms with E-state index in [2.05, 4.69) is 43.2 Å². The summed E-state index contributed by atoms with van der Waals surface area (Å²) >= 11 is 0. The van der Waals surface area contributed by atoms with Crippen LogP contribution in [-0.4, -0.2) is 140 Å². The van der Waals surface area contributed by atoms with Gasteiger partial charge in [-0.2, -0.15) is 0 Å². The Morgan fingerprint density at radius 3 is 2.24 bits per heavy atom. The molecule has 2 aromatic rings. The number of aryl methyl sites for hydroxylation is 1. The van der Waals surface area contributed by atoms with Crippen LogP contribution in [0.3, 0.4) is 0 Å². The number of benzene rings is 1. The lowest BCUT2D eigenvalue weighted by Crippen LogP contribution is -2.56. The second-order valence-electron chi connectivity index (χ2n) is 24.5. The number of unbranched alkanes of at least 4 members (excludes halogenated alkanes) is 2. The molecule has 1 unspecified atom stereocenters. The van der Waals surface area contributed by atoms with Gasteiger partial charge in [-0.1, -0.05) is 71.9 Å². The molecule has 19 nitrogen and oxygen atoms in total. The summed E-state index contributed by atoms with van der Waals surface area (Å²) in [5.74, 6) is -5.10. The van der Waals surface area contributed by atoms with E-state index in [0.29, 0.717) is 37.9 Å². The Hall–Kier alpha value is -6.24. The Morgan fingerprint density at radius 1 is 0.835 bits per heavy atom. The van der Waals surface area contributed by atoms with Crippen molar-refractivity contribution in [2.75, 3.05) is 26.7 Å². The molecule has 0 bridgehead atoms. The normalized spacial score (nSPS) is 22.4. The van der Waals surface area contributed by atoms with Gasteiger partial charge in [-0.3, -0.25) is 53.3 Å². The Kier molecular flexibility index (Phi) is 19.6. The largest absolute Gasteiger partial charge is 0.347 e. The number of likely N-dealkylation sites (tertiary alicyclic amines) is 1. The molecule has 5 fully saturated rings. The average molecular weight is 1090 g/mol. The standard InChI is InChI=1S/C60H83N9O10/c1-6-16-44(53(73)57(77)63-39-25-26-39)64-56(76)52-40-22-15-21-38(40)34-69(52)59(79)43(60(2,3)4)31-49(71)51(37-18-8-7-9-19-37)66-54(74)46-33-61-45(32-62-46)48(70)24-11-13-30-67(5)29-12-10-17-36-20-14-23-41-42(36)35-68(58(41)78)47-27-28-50(72)65-55(47)75/h14,20,23,32-33,37-40,43-44,47,51-52H,6-13,15-19,21-22,24-31,34-35H2,1-5H3,(H,63,77)(H,64,76)(H,66,74)(H,65,72,75)/t38-,40-,43+,44-,47?,51-,52-/m0/s1. The summed E-state index contributed by atoms with van der Waals surface area (Å²) < 4.78 is 0. The maximum Gasteiger partial charge on any atom is 0.289 e. The number of imide groups is 1. The first-order valence-electron chi connectivity index (χ1n) is 29.4. The summed E-state index contributed by atoms with van der Waals surface area (Å²) in [6.07, 6.45) is 16.6. The van der Waals surface area contributed by atoms with Crippen LogP contribution in [0.4, 0.5) is 0 Å². The van der Waals surface area contributed by atoms with Crippen LogP contribution >= 0.6 is 0 Å². The fourth-order valence-corrected chi connectivity index (χ4v) is 12.8. The Balaban J connectivity index is 0.814.